The van der Waals surface area contributed by atoms with Crippen LogP contribution < -0.4 is 0 Å². The summed E-state index contributed by atoms with van der Waals surface area (Å²) in [6.07, 6.45) is -3.08. The number of rotatable bonds is 2. The summed E-state index contributed by atoms with van der Waals surface area (Å²) in [4.78, 5) is 15.9. The largest absolute Gasteiger partial charge is 0.419 e. The van der Waals surface area contributed by atoms with Crippen LogP contribution in [0.2, 0.25) is 0 Å². The number of alkyl halides is 3. The highest BCUT2D eigenvalue weighted by molar-refractivity contribution is 5.94. The van der Waals surface area contributed by atoms with Crippen LogP contribution in [0, 0.1) is 5.82 Å². The van der Waals surface area contributed by atoms with E-state index in [2.05, 4.69) is 0 Å². The number of likely N-dealkylation sites (tertiary alicyclic amines) is 1. The van der Waals surface area contributed by atoms with Crippen molar-refractivity contribution in [2.75, 3.05) is 27.2 Å². The molecule has 0 aliphatic carbocycles. The Morgan fingerprint density at radius 1 is 1.32 bits per heavy atom. The summed E-state index contributed by atoms with van der Waals surface area (Å²) in [6, 6.07) is 2.58. The van der Waals surface area contributed by atoms with Crippen molar-refractivity contribution >= 4 is 5.91 Å². The van der Waals surface area contributed by atoms with Gasteiger partial charge in [-0.1, -0.05) is 0 Å². The van der Waals surface area contributed by atoms with Crippen molar-refractivity contribution < 1.29 is 22.4 Å². The fraction of sp³-hybridized carbons (Fsp3) is 0.533. The molecule has 22 heavy (non-hydrogen) atoms. The van der Waals surface area contributed by atoms with E-state index < -0.39 is 23.5 Å². The SMILES string of the molecule is CN(C)C1CCCN(C(=O)c2ccc(F)c(C(F)(F)F)c2)C1. The van der Waals surface area contributed by atoms with Crippen LogP contribution in [0.3, 0.4) is 0 Å². The van der Waals surface area contributed by atoms with Crippen molar-refractivity contribution in [1.82, 2.24) is 9.80 Å². The van der Waals surface area contributed by atoms with Gasteiger partial charge >= 0.3 is 6.18 Å². The Morgan fingerprint density at radius 2 is 2.00 bits per heavy atom. The van der Waals surface area contributed by atoms with E-state index in [1.54, 1.807) is 0 Å². The lowest BCUT2D eigenvalue weighted by Crippen LogP contribution is -2.47. The molecule has 1 aliphatic heterocycles. The van der Waals surface area contributed by atoms with Crippen LogP contribution in [0.1, 0.15) is 28.8 Å². The van der Waals surface area contributed by atoms with E-state index in [1.807, 2.05) is 19.0 Å². The van der Waals surface area contributed by atoms with Gasteiger partial charge in [0.05, 0.1) is 5.56 Å². The van der Waals surface area contributed by atoms with E-state index in [-0.39, 0.29) is 11.6 Å². The lowest BCUT2D eigenvalue weighted by molar-refractivity contribution is -0.140. The molecule has 1 unspecified atom stereocenters. The van der Waals surface area contributed by atoms with Crippen LogP contribution in [0.25, 0.3) is 0 Å². The topological polar surface area (TPSA) is 23.6 Å². The minimum Gasteiger partial charge on any atom is -0.337 e. The van der Waals surface area contributed by atoms with E-state index in [0.29, 0.717) is 25.2 Å². The van der Waals surface area contributed by atoms with Gasteiger partial charge in [-0.2, -0.15) is 13.2 Å². The molecule has 0 radical (unpaired) electrons. The summed E-state index contributed by atoms with van der Waals surface area (Å²) < 4.78 is 51.5. The Morgan fingerprint density at radius 3 is 2.59 bits per heavy atom. The maximum atomic E-state index is 13.3. The van der Waals surface area contributed by atoms with E-state index in [9.17, 15) is 22.4 Å². The third-order valence-corrected chi connectivity index (χ3v) is 3.93. The Balaban J connectivity index is 2.23. The summed E-state index contributed by atoms with van der Waals surface area (Å²) >= 11 is 0. The Bertz CT molecular complexity index is 557. The van der Waals surface area contributed by atoms with Crippen LogP contribution in [0.5, 0.6) is 0 Å². The van der Waals surface area contributed by atoms with Crippen LogP contribution in [0.4, 0.5) is 17.6 Å². The number of amides is 1. The molecule has 0 bridgehead atoms. The first-order valence-electron chi connectivity index (χ1n) is 7.02. The molecule has 1 aliphatic rings. The molecule has 1 fully saturated rings. The second-order valence-electron chi connectivity index (χ2n) is 5.70. The summed E-state index contributed by atoms with van der Waals surface area (Å²) in [5.41, 5.74) is -1.53. The maximum Gasteiger partial charge on any atom is 0.419 e. The molecule has 0 aromatic heterocycles. The zero-order chi connectivity index (χ0) is 16.5. The Hall–Kier alpha value is -1.63. The smallest absolute Gasteiger partial charge is 0.337 e. The third-order valence-electron chi connectivity index (χ3n) is 3.93. The molecule has 3 nitrogen and oxygen atoms in total. The zero-order valence-corrected chi connectivity index (χ0v) is 12.5. The van der Waals surface area contributed by atoms with E-state index >= 15 is 0 Å². The van der Waals surface area contributed by atoms with Crippen molar-refractivity contribution in [2.24, 2.45) is 0 Å². The van der Waals surface area contributed by atoms with Crippen LogP contribution in [-0.2, 0) is 6.18 Å². The van der Waals surface area contributed by atoms with Crippen LogP contribution in [-0.4, -0.2) is 48.9 Å². The van der Waals surface area contributed by atoms with Crippen LogP contribution in [0.15, 0.2) is 18.2 Å². The van der Waals surface area contributed by atoms with E-state index in [1.165, 1.54) is 4.90 Å². The number of nitrogens with zero attached hydrogens (tertiary/aromatic N) is 2. The zero-order valence-electron chi connectivity index (χ0n) is 12.5. The highest BCUT2D eigenvalue weighted by Gasteiger charge is 2.35. The number of hydrogen-bond donors (Lipinski definition) is 0. The predicted molar refractivity (Wildman–Crippen MR) is 74.0 cm³/mol. The van der Waals surface area contributed by atoms with Gasteiger partial charge in [0.2, 0.25) is 0 Å². The molecule has 0 spiro atoms. The number of piperidine rings is 1. The molecule has 1 aromatic rings. The Kier molecular flexibility index (Phi) is 4.75. The first kappa shape index (κ1) is 16.7. The predicted octanol–water partition coefficient (Wildman–Crippen LogP) is 3.01. The van der Waals surface area contributed by atoms with E-state index in [4.69, 9.17) is 0 Å². The molecule has 1 heterocycles. The van der Waals surface area contributed by atoms with Gasteiger partial charge in [-0.3, -0.25) is 4.79 Å². The van der Waals surface area contributed by atoms with Gasteiger partial charge in [0.25, 0.3) is 5.91 Å². The van der Waals surface area contributed by atoms with Crippen molar-refractivity contribution in [3.63, 3.8) is 0 Å². The summed E-state index contributed by atoms with van der Waals surface area (Å²) in [5.74, 6) is -1.86. The molecule has 1 atom stereocenters. The Labute approximate surface area is 126 Å². The van der Waals surface area contributed by atoms with Gasteiger partial charge in [-0.05, 0) is 45.1 Å². The molecule has 1 saturated heterocycles. The quantitative estimate of drug-likeness (QED) is 0.783. The normalized spacial score (nSPS) is 19.6. The van der Waals surface area contributed by atoms with E-state index in [0.717, 1.165) is 18.9 Å². The fourth-order valence-corrected chi connectivity index (χ4v) is 2.62. The van der Waals surface area contributed by atoms with Crippen LogP contribution >= 0.6 is 0 Å². The molecule has 2 rings (SSSR count). The highest BCUT2D eigenvalue weighted by atomic mass is 19.4. The molecule has 122 valence electrons. The van der Waals surface area contributed by atoms with Gasteiger partial charge in [-0.25, -0.2) is 4.39 Å². The van der Waals surface area contributed by atoms with Gasteiger partial charge in [0.1, 0.15) is 5.82 Å². The molecular weight excluding hydrogens is 300 g/mol. The minimum absolute atomic E-state index is 0.131. The second kappa shape index (κ2) is 6.24. The monoisotopic (exact) mass is 318 g/mol. The molecule has 0 saturated carbocycles. The molecule has 1 amide bonds. The van der Waals surface area contributed by atoms with Crippen molar-refractivity contribution in [3.8, 4) is 0 Å². The molecule has 7 heteroatoms. The van der Waals surface area contributed by atoms with Gasteiger partial charge < -0.3 is 9.80 Å². The van der Waals surface area contributed by atoms with Gasteiger partial charge in [0, 0.05) is 24.7 Å². The average Bonchev–Trinajstić information content (AvgIpc) is 2.46. The molecule has 0 N–H and O–H groups in total. The number of carbonyl (C=O) groups excluding carboxylic acids is 1. The lowest BCUT2D eigenvalue weighted by atomic mass is 10.0. The molecular formula is C15H18F4N2O. The minimum atomic E-state index is -4.81. The summed E-state index contributed by atoms with van der Waals surface area (Å²) in [5, 5.41) is 0. The highest BCUT2D eigenvalue weighted by Crippen LogP contribution is 2.32. The second-order valence-corrected chi connectivity index (χ2v) is 5.70. The summed E-state index contributed by atoms with van der Waals surface area (Å²) in [7, 11) is 3.80. The maximum absolute atomic E-state index is 13.3. The van der Waals surface area contributed by atoms with Gasteiger partial charge in [-0.15, -0.1) is 0 Å². The van der Waals surface area contributed by atoms with Gasteiger partial charge in [0.15, 0.2) is 0 Å². The van der Waals surface area contributed by atoms with Crippen molar-refractivity contribution in [1.29, 1.82) is 0 Å². The lowest BCUT2D eigenvalue weighted by Gasteiger charge is -2.36. The number of carbonyl (C=O) groups is 1. The van der Waals surface area contributed by atoms with Crippen molar-refractivity contribution in [2.45, 2.75) is 25.1 Å². The third kappa shape index (κ3) is 3.58. The number of hydrogen-bond acceptors (Lipinski definition) is 2. The fourth-order valence-electron chi connectivity index (χ4n) is 2.62. The molecule has 1 aromatic carbocycles. The number of halogens is 4. The number of benzene rings is 1. The van der Waals surface area contributed by atoms with Crippen molar-refractivity contribution in [3.05, 3.63) is 35.1 Å². The average molecular weight is 318 g/mol. The standard InChI is InChI=1S/C15H18F4N2O/c1-20(2)11-4-3-7-21(9-11)14(22)10-5-6-13(16)12(8-10)15(17,18)19/h5-6,8,11H,3-4,7,9H2,1-2H3. The first-order chi connectivity index (χ1) is 10.2. The number of likely N-dealkylation sites (N-methyl/N-ethyl adjacent to an activating group) is 1. The first-order valence-corrected chi connectivity index (χ1v) is 7.02. The summed E-state index contributed by atoms with van der Waals surface area (Å²) in [6.45, 7) is 0.965.